The first-order valence-corrected chi connectivity index (χ1v) is 20.2. The Hall–Kier alpha value is -3.12. The van der Waals surface area contributed by atoms with Gasteiger partial charge in [-0.25, -0.2) is 13.1 Å². The summed E-state index contributed by atoms with van der Waals surface area (Å²) in [5.41, 5.74) is 1.60. The molecule has 0 radical (unpaired) electrons. The van der Waals surface area contributed by atoms with Gasteiger partial charge in [-0.2, -0.15) is 0 Å². The van der Waals surface area contributed by atoms with Gasteiger partial charge in [0.15, 0.2) is 0 Å². The zero-order valence-corrected chi connectivity index (χ0v) is 32.1. The average molecular weight is 741 g/mol. The van der Waals surface area contributed by atoms with Crippen LogP contribution in [0.3, 0.4) is 0 Å². The Labute approximate surface area is 308 Å². The third kappa shape index (κ3) is 7.82. The Kier molecular flexibility index (Phi) is 10.9. The summed E-state index contributed by atoms with van der Waals surface area (Å²) < 4.78 is 35.9. The van der Waals surface area contributed by atoms with E-state index >= 15 is 0 Å². The first-order chi connectivity index (χ1) is 24.1. The van der Waals surface area contributed by atoms with Crippen molar-refractivity contribution in [3.8, 4) is 5.75 Å². The van der Waals surface area contributed by atoms with Crippen molar-refractivity contribution in [2.45, 2.75) is 75.1 Å². The van der Waals surface area contributed by atoms with Gasteiger partial charge < -0.3 is 24.5 Å². The maximum atomic E-state index is 13.6. The van der Waals surface area contributed by atoms with Crippen molar-refractivity contribution < 1.29 is 27.9 Å². The van der Waals surface area contributed by atoms with Crippen molar-refractivity contribution in [3.63, 3.8) is 0 Å². The number of carbonyl (C=O) groups is 2. The molecule has 6 atom stereocenters. The molecule has 12 heteroatoms. The molecular weight excluding hydrogens is 688 g/mol. The highest BCUT2D eigenvalue weighted by molar-refractivity contribution is 7.90. The molecule has 6 rings (SSSR count). The van der Waals surface area contributed by atoms with E-state index in [1.807, 2.05) is 38.1 Å². The lowest BCUT2D eigenvalue weighted by Crippen LogP contribution is -2.53. The lowest BCUT2D eigenvalue weighted by atomic mass is 9.63. The van der Waals surface area contributed by atoms with Gasteiger partial charge in [-0.3, -0.25) is 9.59 Å². The lowest BCUT2D eigenvalue weighted by molar-refractivity contribution is -0.138. The molecule has 0 saturated heterocycles. The molecule has 2 amide bonds. The summed E-state index contributed by atoms with van der Waals surface area (Å²) in [6.45, 7) is 6.28. The summed E-state index contributed by atoms with van der Waals surface area (Å²) in [6.07, 6.45) is 8.32. The van der Waals surface area contributed by atoms with Gasteiger partial charge in [0.1, 0.15) is 5.75 Å². The highest BCUT2D eigenvalue weighted by Crippen LogP contribution is 2.49. The fraction of sp³-hybridized carbons (Fsp3) is 0.590. The van der Waals surface area contributed by atoms with Crippen molar-refractivity contribution >= 4 is 39.1 Å². The molecule has 1 spiro atoms. The Bertz CT molecular complexity index is 1780. The topological polar surface area (TPSA) is 119 Å². The molecule has 2 aromatic carbocycles. The third-order valence-corrected chi connectivity index (χ3v) is 14.1. The van der Waals surface area contributed by atoms with Gasteiger partial charge in [0.25, 0.3) is 5.91 Å². The van der Waals surface area contributed by atoms with Crippen molar-refractivity contribution in [1.29, 1.82) is 0 Å². The van der Waals surface area contributed by atoms with Crippen LogP contribution in [0.4, 0.5) is 5.69 Å². The minimum atomic E-state index is -4.03. The molecule has 2 N–H and O–H groups in total. The number of likely N-dealkylation sites (N-methyl/N-ethyl adjacent to an activating group) is 2. The number of ether oxygens (including phenoxy) is 1. The van der Waals surface area contributed by atoms with Crippen LogP contribution < -0.4 is 14.4 Å². The van der Waals surface area contributed by atoms with Crippen LogP contribution in [0.5, 0.6) is 5.75 Å². The Morgan fingerprint density at radius 2 is 1.90 bits per heavy atom. The number of rotatable bonds is 5. The van der Waals surface area contributed by atoms with Crippen LogP contribution in [0.2, 0.25) is 5.02 Å². The van der Waals surface area contributed by atoms with E-state index in [2.05, 4.69) is 21.8 Å². The number of benzene rings is 2. The van der Waals surface area contributed by atoms with E-state index in [4.69, 9.17) is 16.3 Å². The summed E-state index contributed by atoms with van der Waals surface area (Å²) in [4.78, 5) is 33.2. The SMILES string of the molecule is C[C@@H]1[C@@H](C)C/C=C/[C@@](O)(CC(=O)N(C)CCN(C)C)[C@@H]2CC[C@H]2CN2C[C@@]3(CCCc4cc(Cl)ccc43)COc3ccc(cc32)C(=O)NS1(=O)=O. The van der Waals surface area contributed by atoms with Crippen LogP contribution >= 0.6 is 11.6 Å². The number of nitrogens with one attached hydrogen (secondary N) is 1. The van der Waals surface area contributed by atoms with Crippen LogP contribution in [0.1, 0.15) is 73.9 Å². The van der Waals surface area contributed by atoms with Crippen LogP contribution in [-0.4, -0.2) is 99.9 Å². The number of fused-ring (bicyclic) bond motifs is 4. The number of aryl methyl sites for hydroxylation is 1. The number of anilines is 1. The van der Waals surface area contributed by atoms with Crippen molar-refractivity contribution in [3.05, 3.63) is 70.3 Å². The lowest BCUT2D eigenvalue weighted by Gasteiger charge is -2.49. The molecule has 1 saturated carbocycles. The zero-order valence-electron chi connectivity index (χ0n) is 30.5. The largest absolute Gasteiger partial charge is 0.490 e. The fourth-order valence-corrected chi connectivity index (χ4v) is 9.89. The van der Waals surface area contributed by atoms with E-state index in [1.165, 1.54) is 11.1 Å². The third-order valence-electron chi connectivity index (χ3n) is 12.0. The molecule has 1 fully saturated rings. The number of nitrogens with zero attached hydrogens (tertiary/aromatic N) is 3. The molecule has 2 bridgehead atoms. The molecule has 278 valence electrons. The molecule has 51 heavy (non-hydrogen) atoms. The van der Waals surface area contributed by atoms with Crippen LogP contribution in [0.15, 0.2) is 48.6 Å². The van der Waals surface area contributed by atoms with E-state index in [0.717, 1.165) is 37.8 Å². The number of hydrogen-bond acceptors (Lipinski definition) is 8. The highest BCUT2D eigenvalue weighted by atomic mass is 35.5. The van der Waals surface area contributed by atoms with Crippen LogP contribution in [-0.2, 0) is 26.7 Å². The number of hydrogen-bond donors (Lipinski definition) is 2. The van der Waals surface area contributed by atoms with Crippen molar-refractivity contribution in [2.75, 3.05) is 58.8 Å². The van der Waals surface area contributed by atoms with Gasteiger partial charge in [-0.05, 0) is 119 Å². The van der Waals surface area contributed by atoms with E-state index in [0.29, 0.717) is 50.0 Å². The molecule has 10 nitrogen and oxygen atoms in total. The number of sulfonamides is 1. The summed E-state index contributed by atoms with van der Waals surface area (Å²) in [7, 11) is 1.66. The van der Waals surface area contributed by atoms with E-state index in [9.17, 15) is 23.1 Å². The summed E-state index contributed by atoms with van der Waals surface area (Å²) in [5, 5.41) is 12.3. The molecule has 0 unspecified atom stereocenters. The maximum absolute atomic E-state index is 13.6. The first-order valence-electron chi connectivity index (χ1n) is 18.3. The highest BCUT2D eigenvalue weighted by Gasteiger charge is 2.49. The molecule has 0 aromatic heterocycles. The molecular formula is C39H53ClN4O6S. The predicted molar refractivity (Wildman–Crippen MR) is 201 cm³/mol. The molecule has 2 aromatic rings. The predicted octanol–water partition coefficient (Wildman–Crippen LogP) is 5.02. The zero-order chi connectivity index (χ0) is 36.7. The number of halogens is 1. The van der Waals surface area contributed by atoms with E-state index < -0.39 is 26.8 Å². The number of allylic oxidation sites excluding steroid dienone is 1. The number of aliphatic hydroxyl groups is 1. The second kappa shape index (κ2) is 14.7. The standard InChI is InChI=1S/C39H53ClN4O6S/c1-26-8-6-17-39(47,22-36(45)43(5)19-18-42(3)4)33-13-10-30(33)23-44-24-38(16-7-9-28-20-31(40)12-14-32(28)38)25-50-35-15-11-29(21-34(35)44)37(46)41-51(48,49)27(26)2/h6,11-12,14-15,17,20-21,26-27,30,33,47H,7-10,13,16,18-19,22-25H2,1-5H3,(H,41,46)/b17-6+/t26-,27+,30-,33+,38-,39+/m0/s1. The van der Waals surface area contributed by atoms with Gasteiger partial charge in [-0.1, -0.05) is 36.7 Å². The number of amides is 2. The van der Waals surface area contributed by atoms with E-state index in [-0.39, 0.29) is 41.1 Å². The summed E-state index contributed by atoms with van der Waals surface area (Å²) in [5.74, 6) is -0.692. The minimum Gasteiger partial charge on any atom is -0.490 e. The second-order valence-corrected chi connectivity index (χ2v) is 18.3. The Balaban J connectivity index is 1.41. The van der Waals surface area contributed by atoms with Crippen LogP contribution in [0.25, 0.3) is 0 Å². The van der Waals surface area contributed by atoms with Crippen molar-refractivity contribution in [1.82, 2.24) is 14.5 Å². The molecule has 2 aliphatic carbocycles. The molecule has 2 aliphatic heterocycles. The Morgan fingerprint density at radius 1 is 1.12 bits per heavy atom. The minimum absolute atomic E-state index is 0.0536. The molecule has 4 aliphatic rings. The van der Waals surface area contributed by atoms with E-state index in [1.54, 1.807) is 43.1 Å². The van der Waals surface area contributed by atoms with Gasteiger partial charge in [0, 0.05) is 49.2 Å². The maximum Gasteiger partial charge on any atom is 0.264 e. The quantitative estimate of drug-likeness (QED) is 0.411. The van der Waals surface area contributed by atoms with Gasteiger partial charge in [0.2, 0.25) is 15.9 Å². The fourth-order valence-electron chi connectivity index (χ4n) is 8.41. The number of carbonyl (C=O) groups excluding carboxylic acids is 2. The van der Waals surface area contributed by atoms with Crippen molar-refractivity contribution in [2.24, 2.45) is 17.8 Å². The van der Waals surface area contributed by atoms with Gasteiger partial charge in [-0.15, -0.1) is 0 Å². The average Bonchev–Trinajstić information content (AvgIpc) is 3.21. The summed E-state index contributed by atoms with van der Waals surface area (Å²) in [6, 6.07) is 11.2. The summed E-state index contributed by atoms with van der Waals surface area (Å²) >= 11 is 6.45. The monoisotopic (exact) mass is 740 g/mol. The van der Waals surface area contributed by atoms with Crippen LogP contribution in [0, 0.1) is 17.8 Å². The first kappa shape index (κ1) is 37.6. The molecule has 2 heterocycles. The second-order valence-electron chi connectivity index (χ2n) is 15.8. The smallest absolute Gasteiger partial charge is 0.264 e. The van der Waals surface area contributed by atoms with Gasteiger partial charge >= 0.3 is 0 Å². The Morgan fingerprint density at radius 3 is 2.63 bits per heavy atom. The normalized spacial score (nSPS) is 31.0. The van der Waals surface area contributed by atoms with Gasteiger partial charge in [0.05, 0.1) is 29.6 Å².